The fourth-order valence-corrected chi connectivity index (χ4v) is 4.09. The molecule has 2 aromatic rings. The maximum atomic E-state index is 3.76. The van der Waals surface area contributed by atoms with Gasteiger partial charge in [-0.3, -0.25) is 4.90 Å². The Kier molecular flexibility index (Phi) is 9.70. The average molecular weight is 445 g/mol. The van der Waals surface area contributed by atoms with E-state index in [9.17, 15) is 0 Å². The Hall–Kier alpha value is -1.16. The topological polar surface area (TPSA) is 6.48 Å². The van der Waals surface area contributed by atoms with E-state index >= 15 is 0 Å². The quantitative estimate of drug-likeness (QED) is 0.396. The van der Waals surface area contributed by atoms with Gasteiger partial charge in [-0.15, -0.1) is 0 Å². The summed E-state index contributed by atoms with van der Waals surface area (Å²) in [5.74, 6) is 0.735. The van der Waals surface area contributed by atoms with Crippen molar-refractivity contribution in [1.29, 1.82) is 0 Å². The predicted octanol–water partition coefficient (Wildman–Crippen LogP) is 6.38. The maximum Gasteiger partial charge on any atom is 0.0251 e. The Morgan fingerprint density at radius 2 is 1.61 bits per heavy atom. The first kappa shape index (κ1) is 23.1. The second kappa shape index (κ2) is 11.7. The van der Waals surface area contributed by atoms with Crippen LogP contribution in [0.25, 0.3) is 0 Å². The first-order valence-electron chi connectivity index (χ1n) is 10.6. The molecule has 0 amide bonds. The van der Waals surface area contributed by atoms with Crippen LogP contribution in [0.1, 0.15) is 50.3 Å². The van der Waals surface area contributed by atoms with Crippen LogP contribution in [0.4, 0.5) is 0 Å². The largest absolute Gasteiger partial charge is 0.308 e. The Bertz CT molecular complexity index is 711. The van der Waals surface area contributed by atoms with Gasteiger partial charge < -0.3 is 4.90 Å². The molecule has 0 aromatic heterocycles. The van der Waals surface area contributed by atoms with Crippen molar-refractivity contribution in [1.82, 2.24) is 9.80 Å². The third kappa shape index (κ3) is 7.69. The van der Waals surface area contributed by atoms with E-state index in [1.807, 2.05) is 0 Å². The van der Waals surface area contributed by atoms with Crippen molar-refractivity contribution < 1.29 is 0 Å². The first-order valence-corrected chi connectivity index (χ1v) is 11.4. The SMILES string of the molecule is CCc1cccc(CN(Cc2ccccc2Br)[C@@H](CCC(C)C)CN(C)C)c1. The van der Waals surface area contributed by atoms with Gasteiger partial charge in [-0.2, -0.15) is 0 Å². The van der Waals surface area contributed by atoms with Gasteiger partial charge >= 0.3 is 0 Å². The third-order valence-corrected chi connectivity index (χ3v) is 6.06. The highest BCUT2D eigenvalue weighted by Gasteiger charge is 2.21. The van der Waals surface area contributed by atoms with Crippen molar-refractivity contribution >= 4 is 15.9 Å². The zero-order valence-electron chi connectivity index (χ0n) is 18.3. The van der Waals surface area contributed by atoms with E-state index in [4.69, 9.17) is 0 Å². The van der Waals surface area contributed by atoms with Crippen molar-refractivity contribution in [2.45, 2.75) is 59.2 Å². The van der Waals surface area contributed by atoms with Gasteiger partial charge in [-0.1, -0.05) is 79.2 Å². The van der Waals surface area contributed by atoms with Gasteiger partial charge in [0.05, 0.1) is 0 Å². The second-order valence-electron chi connectivity index (χ2n) is 8.56. The van der Waals surface area contributed by atoms with E-state index in [0.717, 1.165) is 32.0 Å². The lowest BCUT2D eigenvalue weighted by molar-refractivity contribution is 0.132. The molecule has 0 bridgehead atoms. The summed E-state index contributed by atoms with van der Waals surface area (Å²) in [5.41, 5.74) is 4.20. The number of hydrogen-bond donors (Lipinski definition) is 0. The minimum atomic E-state index is 0.537. The van der Waals surface area contributed by atoms with Gasteiger partial charge in [-0.05, 0) is 62.0 Å². The number of nitrogens with zero attached hydrogens (tertiary/aromatic N) is 2. The first-order chi connectivity index (χ1) is 13.4. The highest BCUT2D eigenvalue weighted by molar-refractivity contribution is 9.10. The minimum absolute atomic E-state index is 0.537. The molecule has 154 valence electrons. The minimum Gasteiger partial charge on any atom is -0.308 e. The summed E-state index contributed by atoms with van der Waals surface area (Å²) in [6.07, 6.45) is 3.58. The van der Waals surface area contributed by atoms with Gasteiger partial charge in [0.1, 0.15) is 0 Å². The lowest BCUT2D eigenvalue weighted by Crippen LogP contribution is -2.41. The van der Waals surface area contributed by atoms with Gasteiger partial charge in [0.25, 0.3) is 0 Å². The number of halogens is 1. The molecule has 3 heteroatoms. The lowest BCUT2D eigenvalue weighted by Gasteiger charge is -2.34. The summed E-state index contributed by atoms with van der Waals surface area (Å²) >= 11 is 3.76. The maximum absolute atomic E-state index is 3.76. The summed E-state index contributed by atoms with van der Waals surface area (Å²) in [4.78, 5) is 5.01. The summed E-state index contributed by atoms with van der Waals surface area (Å²) in [7, 11) is 4.38. The number of likely N-dealkylation sites (N-methyl/N-ethyl adjacent to an activating group) is 1. The summed E-state index contributed by atoms with van der Waals surface area (Å²) in [5, 5.41) is 0. The molecule has 0 saturated carbocycles. The van der Waals surface area contributed by atoms with E-state index in [0.29, 0.717) is 6.04 Å². The van der Waals surface area contributed by atoms with Crippen molar-refractivity contribution in [3.63, 3.8) is 0 Å². The molecule has 0 spiro atoms. The lowest BCUT2D eigenvalue weighted by atomic mass is 10.00. The molecule has 1 atom stereocenters. The van der Waals surface area contributed by atoms with Gasteiger partial charge in [0.15, 0.2) is 0 Å². The molecule has 0 heterocycles. The van der Waals surface area contributed by atoms with E-state index in [1.54, 1.807) is 0 Å². The van der Waals surface area contributed by atoms with E-state index in [2.05, 4.69) is 109 Å². The molecule has 2 aromatic carbocycles. The van der Waals surface area contributed by atoms with E-state index in [-0.39, 0.29) is 0 Å². The molecule has 2 nitrogen and oxygen atoms in total. The molecule has 0 N–H and O–H groups in total. The second-order valence-corrected chi connectivity index (χ2v) is 9.41. The molecular weight excluding hydrogens is 408 g/mol. The standard InChI is InChI=1S/C25H37BrN2/c1-6-21-10-9-11-22(16-21)17-28(18-23-12-7-8-13-25(23)26)24(19-27(4)5)15-14-20(2)3/h7-13,16,20,24H,6,14-15,17-19H2,1-5H3/t24-/m0/s1. The molecule has 0 aliphatic carbocycles. The van der Waals surface area contributed by atoms with E-state index in [1.165, 1.54) is 34.0 Å². The summed E-state index contributed by atoms with van der Waals surface area (Å²) < 4.78 is 1.20. The van der Waals surface area contributed by atoms with Crippen molar-refractivity contribution in [3.05, 3.63) is 69.7 Å². The Balaban J connectivity index is 2.29. The zero-order chi connectivity index (χ0) is 20.5. The van der Waals surface area contributed by atoms with Crippen molar-refractivity contribution in [2.75, 3.05) is 20.6 Å². The predicted molar refractivity (Wildman–Crippen MR) is 126 cm³/mol. The Morgan fingerprint density at radius 3 is 2.25 bits per heavy atom. The van der Waals surface area contributed by atoms with Crippen molar-refractivity contribution in [3.8, 4) is 0 Å². The van der Waals surface area contributed by atoms with E-state index < -0.39 is 0 Å². The number of benzene rings is 2. The summed E-state index contributed by atoms with van der Waals surface area (Å²) in [6, 6.07) is 18.3. The molecule has 0 fully saturated rings. The van der Waals surface area contributed by atoms with Crippen LogP contribution in [0.2, 0.25) is 0 Å². The fraction of sp³-hybridized carbons (Fsp3) is 0.520. The molecule has 0 unspecified atom stereocenters. The summed E-state index contributed by atoms with van der Waals surface area (Å²) in [6.45, 7) is 9.94. The molecular formula is C25H37BrN2. The van der Waals surface area contributed by atoms with Crippen LogP contribution in [-0.2, 0) is 19.5 Å². The van der Waals surface area contributed by atoms with Gasteiger partial charge in [0, 0.05) is 30.1 Å². The highest BCUT2D eigenvalue weighted by atomic mass is 79.9. The normalized spacial score (nSPS) is 12.9. The van der Waals surface area contributed by atoms with Crippen LogP contribution < -0.4 is 0 Å². The number of rotatable bonds is 11. The molecule has 0 aliphatic heterocycles. The van der Waals surface area contributed by atoms with Gasteiger partial charge in [-0.25, -0.2) is 0 Å². The molecule has 0 aliphatic rings. The molecule has 0 radical (unpaired) electrons. The van der Waals surface area contributed by atoms with Crippen LogP contribution in [0.3, 0.4) is 0 Å². The highest BCUT2D eigenvalue weighted by Crippen LogP contribution is 2.23. The monoisotopic (exact) mass is 444 g/mol. The molecule has 28 heavy (non-hydrogen) atoms. The number of hydrogen-bond acceptors (Lipinski definition) is 2. The van der Waals surface area contributed by atoms with Crippen LogP contribution in [0.15, 0.2) is 53.0 Å². The zero-order valence-corrected chi connectivity index (χ0v) is 19.9. The molecule has 2 rings (SSSR count). The molecule has 0 saturated heterocycles. The smallest absolute Gasteiger partial charge is 0.0251 e. The number of aryl methyl sites for hydroxylation is 1. The Morgan fingerprint density at radius 1 is 0.893 bits per heavy atom. The average Bonchev–Trinajstić information content (AvgIpc) is 2.66. The Labute approximate surface area is 181 Å². The van der Waals surface area contributed by atoms with Gasteiger partial charge in [0.2, 0.25) is 0 Å². The van der Waals surface area contributed by atoms with Crippen molar-refractivity contribution in [2.24, 2.45) is 5.92 Å². The van der Waals surface area contributed by atoms with Crippen LogP contribution in [0, 0.1) is 5.92 Å². The van der Waals surface area contributed by atoms with Crippen LogP contribution in [0.5, 0.6) is 0 Å². The van der Waals surface area contributed by atoms with Crippen LogP contribution in [-0.4, -0.2) is 36.5 Å². The fourth-order valence-electron chi connectivity index (χ4n) is 3.68. The van der Waals surface area contributed by atoms with Crippen LogP contribution >= 0.6 is 15.9 Å². The third-order valence-electron chi connectivity index (χ3n) is 5.29.